The number of hydrogen-bond donors (Lipinski definition) is 1. The molecule has 0 aliphatic heterocycles. The molecule has 2 rings (SSSR count). The molecule has 3 heteroatoms. The molecular weight excluding hydrogens is 228 g/mol. The molecule has 0 spiro atoms. The highest BCUT2D eigenvalue weighted by atomic mass is 16.4. The van der Waals surface area contributed by atoms with Gasteiger partial charge in [-0.1, -0.05) is 42.5 Å². The van der Waals surface area contributed by atoms with Crippen LogP contribution >= 0.6 is 0 Å². The Kier molecular flexibility index (Phi) is 3.24. The summed E-state index contributed by atoms with van der Waals surface area (Å²) < 4.78 is 0. The fraction of sp³-hybridized carbons (Fsp3) is 0.0667. The number of benzene rings is 2. The van der Waals surface area contributed by atoms with Crippen LogP contribution in [0.1, 0.15) is 15.9 Å². The molecule has 90 valence electrons. The second-order valence-electron chi connectivity index (χ2n) is 4.03. The van der Waals surface area contributed by atoms with Crippen LogP contribution in [0.15, 0.2) is 48.5 Å². The predicted molar refractivity (Wildman–Crippen MR) is 68.6 cm³/mol. The quantitative estimate of drug-likeness (QED) is 0.663. The number of carbonyl (C=O) groups is 2. The van der Waals surface area contributed by atoms with Crippen molar-refractivity contribution in [2.45, 2.75) is 6.92 Å². The maximum Gasteiger partial charge on any atom is 0.377 e. The van der Waals surface area contributed by atoms with Gasteiger partial charge in [0.25, 0.3) is 5.78 Å². The fourth-order valence-corrected chi connectivity index (χ4v) is 1.82. The molecule has 18 heavy (non-hydrogen) atoms. The van der Waals surface area contributed by atoms with E-state index in [1.807, 2.05) is 37.3 Å². The Hall–Kier alpha value is -2.42. The van der Waals surface area contributed by atoms with Crippen molar-refractivity contribution in [2.75, 3.05) is 0 Å². The van der Waals surface area contributed by atoms with Crippen LogP contribution in [-0.4, -0.2) is 16.9 Å². The Morgan fingerprint density at radius 3 is 2.28 bits per heavy atom. The van der Waals surface area contributed by atoms with E-state index in [1.165, 1.54) is 6.07 Å². The lowest BCUT2D eigenvalue weighted by atomic mass is 9.97. The van der Waals surface area contributed by atoms with Crippen molar-refractivity contribution < 1.29 is 14.7 Å². The number of hydrogen-bond acceptors (Lipinski definition) is 2. The van der Waals surface area contributed by atoms with Gasteiger partial charge in [0.15, 0.2) is 0 Å². The van der Waals surface area contributed by atoms with E-state index in [0.717, 1.165) is 16.7 Å². The van der Waals surface area contributed by atoms with Crippen LogP contribution < -0.4 is 0 Å². The molecule has 0 radical (unpaired) electrons. The van der Waals surface area contributed by atoms with Gasteiger partial charge in [-0.3, -0.25) is 4.79 Å². The number of rotatable bonds is 3. The van der Waals surface area contributed by atoms with Crippen molar-refractivity contribution in [3.63, 3.8) is 0 Å². The smallest absolute Gasteiger partial charge is 0.377 e. The number of aryl methyl sites for hydroxylation is 1. The van der Waals surface area contributed by atoms with E-state index in [-0.39, 0.29) is 5.56 Å². The first-order valence-electron chi connectivity index (χ1n) is 5.53. The van der Waals surface area contributed by atoms with Crippen molar-refractivity contribution >= 4 is 11.8 Å². The van der Waals surface area contributed by atoms with Crippen LogP contribution in [0, 0.1) is 6.92 Å². The second-order valence-corrected chi connectivity index (χ2v) is 4.03. The molecule has 0 bridgehead atoms. The molecule has 0 heterocycles. The zero-order valence-corrected chi connectivity index (χ0v) is 9.88. The topological polar surface area (TPSA) is 54.4 Å². The Balaban J connectivity index is 2.52. The minimum atomic E-state index is -1.43. The summed E-state index contributed by atoms with van der Waals surface area (Å²) in [5, 5.41) is 8.72. The molecule has 0 atom stereocenters. The summed E-state index contributed by atoms with van der Waals surface area (Å²) >= 11 is 0. The van der Waals surface area contributed by atoms with Crippen LogP contribution in [0.25, 0.3) is 11.1 Å². The molecule has 0 saturated carbocycles. The van der Waals surface area contributed by atoms with Gasteiger partial charge in [-0.15, -0.1) is 0 Å². The zero-order valence-electron chi connectivity index (χ0n) is 9.88. The summed E-state index contributed by atoms with van der Waals surface area (Å²) in [4.78, 5) is 22.1. The maximum atomic E-state index is 11.4. The van der Waals surface area contributed by atoms with Crippen LogP contribution in [0.5, 0.6) is 0 Å². The van der Waals surface area contributed by atoms with Crippen molar-refractivity contribution in [3.05, 3.63) is 59.7 Å². The van der Waals surface area contributed by atoms with Gasteiger partial charge < -0.3 is 5.11 Å². The summed E-state index contributed by atoms with van der Waals surface area (Å²) in [6.45, 7) is 1.93. The lowest BCUT2D eigenvalue weighted by Crippen LogP contribution is -2.12. The lowest BCUT2D eigenvalue weighted by molar-refractivity contribution is -0.131. The van der Waals surface area contributed by atoms with Gasteiger partial charge in [0.1, 0.15) is 0 Å². The predicted octanol–water partition coefficient (Wildman–Crippen LogP) is 2.93. The van der Waals surface area contributed by atoms with E-state index >= 15 is 0 Å². The highest BCUT2D eigenvalue weighted by Gasteiger charge is 2.15. The van der Waals surface area contributed by atoms with Gasteiger partial charge in [0.2, 0.25) is 0 Å². The first kappa shape index (κ1) is 12.0. The van der Waals surface area contributed by atoms with Gasteiger partial charge in [-0.05, 0) is 29.7 Å². The lowest BCUT2D eigenvalue weighted by Gasteiger charge is -2.07. The molecule has 3 nitrogen and oxygen atoms in total. The summed E-state index contributed by atoms with van der Waals surface area (Å²) in [5.41, 5.74) is 3.05. The molecule has 0 unspecified atom stereocenters. The number of carboxylic acids is 1. The van der Waals surface area contributed by atoms with E-state index in [9.17, 15) is 9.59 Å². The Morgan fingerprint density at radius 1 is 1.00 bits per heavy atom. The second kappa shape index (κ2) is 4.84. The average Bonchev–Trinajstić information content (AvgIpc) is 2.39. The molecule has 2 aromatic rings. The van der Waals surface area contributed by atoms with E-state index in [1.54, 1.807) is 12.1 Å². The van der Waals surface area contributed by atoms with Gasteiger partial charge in [-0.25, -0.2) is 4.79 Å². The third-order valence-electron chi connectivity index (χ3n) is 2.78. The fourth-order valence-electron chi connectivity index (χ4n) is 1.82. The van der Waals surface area contributed by atoms with E-state index < -0.39 is 11.8 Å². The third kappa shape index (κ3) is 2.30. The zero-order chi connectivity index (χ0) is 13.1. The highest BCUT2D eigenvalue weighted by Crippen LogP contribution is 2.24. The Labute approximate surface area is 105 Å². The Morgan fingerprint density at radius 2 is 1.67 bits per heavy atom. The average molecular weight is 240 g/mol. The van der Waals surface area contributed by atoms with Crippen molar-refractivity contribution in [1.82, 2.24) is 0 Å². The molecule has 0 fully saturated rings. The van der Waals surface area contributed by atoms with E-state index in [0.29, 0.717) is 0 Å². The van der Waals surface area contributed by atoms with Crippen LogP contribution in [0.2, 0.25) is 0 Å². The third-order valence-corrected chi connectivity index (χ3v) is 2.78. The molecule has 1 N–H and O–H groups in total. The SMILES string of the molecule is Cc1ccc(C(=O)C(=O)O)cc1-c1ccccc1. The molecule has 0 aromatic heterocycles. The summed E-state index contributed by atoms with van der Waals surface area (Å²) in [6, 6.07) is 14.5. The first-order valence-corrected chi connectivity index (χ1v) is 5.53. The molecular formula is C15H12O3. The minimum absolute atomic E-state index is 0.201. The number of carboxylic acid groups (broad SMARTS) is 1. The number of carbonyl (C=O) groups excluding carboxylic acids is 1. The van der Waals surface area contributed by atoms with Crippen molar-refractivity contribution in [2.24, 2.45) is 0 Å². The summed E-state index contributed by atoms with van der Waals surface area (Å²) in [6.07, 6.45) is 0. The largest absolute Gasteiger partial charge is 0.475 e. The number of Topliss-reactive ketones (excluding diaryl/α,β-unsaturated/α-hetero) is 1. The van der Waals surface area contributed by atoms with Crippen LogP contribution in [0.3, 0.4) is 0 Å². The minimum Gasteiger partial charge on any atom is -0.475 e. The van der Waals surface area contributed by atoms with Crippen LogP contribution in [-0.2, 0) is 4.79 Å². The van der Waals surface area contributed by atoms with Crippen molar-refractivity contribution in [3.8, 4) is 11.1 Å². The Bertz CT molecular complexity index is 600. The maximum absolute atomic E-state index is 11.4. The standard InChI is InChI=1S/C15H12O3/c1-10-7-8-12(14(16)15(17)18)9-13(10)11-5-3-2-4-6-11/h2-9H,1H3,(H,17,18). The normalized spacial score (nSPS) is 10.1. The monoisotopic (exact) mass is 240 g/mol. The molecule has 2 aromatic carbocycles. The van der Waals surface area contributed by atoms with Crippen LogP contribution in [0.4, 0.5) is 0 Å². The molecule has 0 aliphatic rings. The van der Waals surface area contributed by atoms with Gasteiger partial charge in [0, 0.05) is 5.56 Å². The van der Waals surface area contributed by atoms with Crippen molar-refractivity contribution in [1.29, 1.82) is 0 Å². The molecule has 0 amide bonds. The first-order chi connectivity index (χ1) is 8.59. The highest BCUT2D eigenvalue weighted by molar-refractivity contribution is 6.40. The van der Waals surface area contributed by atoms with Gasteiger partial charge >= 0.3 is 5.97 Å². The van der Waals surface area contributed by atoms with E-state index in [2.05, 4.69) is 0 Å². The molecule has 0 aliphatic carbocycles. The number of aliphatic carboxylic acids is 1. The summed E-state index contributed by atoms with van der Waals surface area (Å²) in [5.74, 6) is -2.31. The van der Waals surface area contributed by atoms with Gasteiger partial charge in [-0.2, -0.15) is 0 Å². The number of ketones is 1. The van der Waals surface area contributed by atoms with E-state index in [4.69, 9.17) is 5.11 Å². The summed E-state index contributed by atoms with van der Waals surface area (Å²) in [7, 11) is 0. The molecule has 0 saturated heterocycles. The van der Waals surface area contributed by atoms with Gasteiger partial charge in [0.05, 0.1) is 0 Å².